The molecule has 1 aliphatic heterocycles. The van der Waals surface area contributed by atoms with Crippen LogP contribution in [0.4, 0.5) is 0 Å². The molecule has 18 heavy (non-hydrogen) atoms. The van der Waals surface area contributed by atoms with E-state index in [0.717, 1.165) is 26.1 Å². The summed E-state index contributed by atoms with van der Waals surface area (Å²) in [5.41, 5.74) is 5.82. The summed E-state index contributed by atoms with van der Waals surface area (Å²) in [4.78, 5) is 14.1. The third-order valence-corrected chi connectivity index (χ3v) is 3.14. The predicted octanol–water partition coefficient (Wildman–Crippen LogP) is 0.339. The van der Waals surface area contributed by atoms with Crippen molar-refractivity contribution in [2.45, 2.75) is 51.8 Å². The average molecular weight is 257 g/mol. The summed E-state index contributed by atoms with van der Waals surface area (Å²) in [6.45, 7) is 9.14. The van der Waals surface area contributed by atoms with E-state index in [4.69, 9.17) is 10.5 Å². The first-order valence-electron chi connectivity index (χ1n) is 6.88. The van der Waals surface area contributed by atoms with Crippen molar-refractivity contribution in [1.29, 1.82) is 0 Å². The first kappa shape index (κ1) is 15.4. The number of nitrogens with zero attached hydrogens (tertiary/aromatic N) is 1. The lowest BCUT2D eigenvalue weighted by molar-refractivity contribution is -0.122. The Morgan fingerprint density at radius 3 is 2.89 bits per heavy atom. The molecule has 0 spiro atoms. The largest absolute Gasteiger partial charge is 0.377 e. The molecular formula is C13H27N3O2. The molecule has 3 N–H and O–H groups in total. The quantitative estimate of drug-likeness (QED) is 0.745. The number of rotatable bonds is 5. The molecule has 106 valence electrons. The molecule has 1 amide bonds. The number of amides is 1. The molecule has 0 aromatic carbocycles. The number of carbonyl (C=O) groups is 1. The lowest BCUT2D eigenvalue weighted by Crippen LogP contribution is -2.46. The van der Waals surface area contributed by atoms with Crippen LogP contribution < -0.4 is 11.1 Å². The third kappa shape index (κ3) is 5.33. The summed E-state index contributed by atoms with van der Waals surface area (Å²) in [6.07, 6.45) is 1.70. The zero-order chi connectivity index (χ0) is 13.5. The molecule has 1 heterocycles. The van der Waals surface area contributed by atoms with Gasteiger partial charge in [-0.3, -0.25) is 9.69 Å². The molecule has 2 atom stereocenters. The Morgan fingerprint density at radius 1 is 1.56 bits per heavy atom. The van der Waals surface area contributed by atoms with Gasteiger partial charge in [-0.25, -0.2) is 0 Å². The second-order valence-corrected chi connectivity index (χ2v) is 5.35. The Kier molecular flexibility index (Phi) is 6.60. The highest BCUT2D eigenvalue weighted by atomic mass is 16.5. The number of hydrogen-bond donors (Lipinski definition) is 2. The van der Waals surface area contributed by atoms with E-state index >= 15 is 0 Å². The lowest BCUT2D eigenvalue weighted by atomic mass is 10.1. The van der Waals surface area contributed by atoms with Crippen LogP contribution in [0.3, 0.4) is 0 Å². The van der Waals surface area contributed by atoms with Gasteiger partial charge in [0.05, 0.1) is 6.10 Å². The highest BCUT2D eigenvalue weighted by Gasteiger charge is 2.24. The van der Waals surface area contributed by atoms with Crippen LogP contribution in [0.15, 0.2) is 0 Å². The van der Waals surface area contributed by atoms with Crippen LogP contribution in [0.5, 0.6) is 0 Å². The van der Waals surface area contributed by atoms with Gasteiger partial charge in [0.25, 0.3) is 0 Å². The van der Waals surface area contributed by atoms with Gasteiger partial charge in [-0.05, 0) is 27.2 Å². The summed E-state index contributed by atoms with van der Waals surface area (Å²) < 4.78 is 5.61. The fourth-order valence-corrected chi connectivity index (χ4v) is 2.31. The Morgan fingerprint density at radius 2 is 2.28 bits per heavy atom. The van der Waals surface area contributed by atoms with Gasteiger partial charge in [-0.15, -0.1) is 0 Å². The maximum atomic E-state index is 11.8. The van der Waals surface area contributed by atoms with Crippen molar-refractivity contribution < 1.29 is 9.53 Å². The molecule has 1 saturated heterocycles. The van der Waals surface area contributed by atoms with Crippen molar-refractivity contribution >= 4 is 5.91 Å². The van der Waals surface area contributed by atoms with Crippen molar-refractivity contribution in [3.05, 3.63) is 0 Å². The average Bonchev–Trinajstić information content (AvgIpc) is 2.49. The predicted molar refractivity (Wildman–Crippen MR) is 72.3 cm³/mol. The molecule has 0 aliphatic carbocycles. The molecule has 5 nitrogen and oxygen atoms in total. The second kappa shape index (κ2) is 7.71. The molecule has 5 heteroatoms. The molecule has 0 bridgehead atoms. The fraction of sp³-hybridized carbons (Fsp3) is 0.923. The molecule has 1 aliphatic rings. The first-order valence-corrected chi connectivity index (χ1v) is 6.88. The lowest BCUT2D eigenvalue weighted by Gasteiger charge is -2.30. The van der Waals surface area contributed by atoms with Gasteiger partial charge in [-0.2, -0.15) is 0 Å². The Hall–Kier alpha value is -0.650. The zero-order valence-corrected chi connectivity index (χ0v) is 11.8. The van der Waals surface area contributed by atoms with Gasteiger partial charge < -0.3 is 15.8 Å². The van der Waals surface area contributed by atoms with E-state index in [1.54, 1.807) is 0 Å². The first-order chi connectivity index (χ1) is 8.52. The van der Waals surface area contributed by atoms with Crippen molar-refractivity contribution in [1.82, 2.24) is 10.2 Å². The minimum atomic E-state index is 0.0817. The molecular weight excluding hydrogens is 230 g/mol. The van der Waals surface area contributed by atoms with Crippen molar-refractivity contribution in [3.63, 3.8) is 0 Å². The molecule has 2 unspecified atom stereocenters. The fourth-order valence-electron chi connectivity index (χ4n) is 2.31. The summed E-state index contributed by atoms with van der Waals surface area (Å²) in [5, 5.41) is 2.92. The van der Waals surface area contributed by atoms with Crippen LogP contribution in [0.1, 0.15) is 33.6 Å². The minimum Gasteiger partial charge on any atom is -0.377 e. The summed E-state index contributed by atoms with van der Waals surface area (Å²) in [6, 6.07) is 0.301. The topological polar surface area (TPSA) is 67.6 Å². The SMILES string of the molecule is CC(C)NC(=O)CC(CN)N1CCCOC(C)C1. The van der Waals surface area contributed by atoms with E-state index in [-0.39, 0.29) is 24.1 Å². The Balaban J connectivity index is 2.50. The van der Waals surface area contributed by atoms with Gasteiger partial charge in [0.1, 0.15) is 0 Å². The van der Waals surface area contributed by atoms with Gasteiger partial charge in [-0.1, -0.05) is 0 Å². The van der Waals surface area contributed by atoms with E-state index in [1.165, 1.54) is 0 Å². The van der Waals surface area contributed by atoms with E-state index in [0.29, 0.717) is 13.0 Å². The van der Waals surface area contributed by atoms with Gasteiger partial charge >= 0.3 is 0 Å². The van der Waals surface area contributed by atoms with Gasteiger partial charge in [0, 0.05) is 44.7 Å². The van der Waals surface area contributed by atoms with Crippen LogP contribution in [-0.4, -0.2) is 55.2 Å². The highest BCUT2D eigenvalue weighted by Crippen LogP contribution is 2.11. The monoisotopic (exact) mass is 257 g/mol. The summed E-state index contributed by atoms with van der Waals surface area (Å²) >= 11 is 0. The van der Waals surface area contributed by atoms with Gasteiger partial charge in [0.15, 0.2) is 0 Å². The Labute approximate surface area is 110 Å². The van der Waals surface area contributed by atoms with Crippen LogP contribution in [-0.2, 0) is 9.53 Å². The van der Waals surface area contributed by atoms with Crippen molar-refractivity contribution in [3.8, 4) is 0 Å². The zero-order valence-electron chi connectivity index (χ0n) is 11.8. The normalized spacial score (nSPS) is 23.7. The standard InChI is InChI=1S/C13H27N3O2/c1-10(2)15-13(17)7-12(8-14)16-5-4-6-18-11(3)9-16/h10-12H,4-9,14H2,1-3H3,(H,15,17). The number of ether oxygens (including phenoxy) is 1. The summed E-state index contributed by atoms with van der Waals surface area (Å²) in [5.74, 6) is 0.0817. The number of carbonyl (C=O) groups excluding carboxylic acids is 1. The van der Waals surface area contributed by atoms with Crippen molar-refractivity contribution in [2.75, 3.05) is 26.2 Å². The molecule has 0 aromatic heterocycles. The molecule has 0 saturated carbocycles. The Bertz CT molecular complexity index is 259. The maximum Gasteiger partial charge on any atom is 0.221 e. The van der Waals surface area contributed by atoms with E-state index in [9.17, 15) is 4.79 Å². The molecule has 1 rings (SSSR count). The minimum absolute atomic E-state index is 0.0817. The highest BCUT2D eigenvalue weighted by molar-refractivity contribution is 5.76. The van der Waals surface area contributed by atoms with Crippen molar-refractivity contribution in [2.24, 2.45) is 5.73 Å². The van der Waals surface area contributed by atoms with Crippen LogP contribution in [0, 0.1) is 0 Å². The van der Waals surface area contributed by atoms with Crippen LogP contribution >= 0.6 is 0 Å². The summed E-state index contributed by atoms with van der Waals surface area (Å²) in [7, 11) is 0. The van der Waals surface area contributed by atoms with E-state index < -0.39 is 0 Å². The number of hydrogen-bond acceptors (Lipinski definition) is 4. The van der Waals surface area contributed by atoms with E-state index in [2.05, 4.69) is 17.1 Å². The number of nitrogens with two attached hydrogens (primary N) is 1. The molecule has 0 aromatic rings. The molecule has 0 radical (unpaired) electrons. The second-order valence-electron chi connectivity index (χ2n) is 5.35. The maximum absolute atomic E-state index is 11.8. The third-order valence-electron chi connectivity index (χ3n) is 3.14. The smallest absolute Gasteiger partial charge is 0.221 e. The van der Waals surface area contributed by atoms with Crippen LogP contribution in [0.25, 0.3) is 0 Å². The van der Waals surface area contributed by atoms with Gasteiger partial charge in [0.2, 0.25) is 5.91 Å². The number of nitrogens with one attached hydrogen (secondary N) is 1. The van der Waals surface area contributed by atoms with Crippen LogP contribution in [0.2, 0.25) is 0 Å². The molecule has 1 fully saturated rings. The van der Waals surface area contributed by atoms with E-state index in [1.807, 2.05) is 13.8 Å².